The first-order valence-electron chi connectivity index (χ1n) is 13.7. The fraction of sp³-hybridized carbons (Fsp3) is 0.212. The summed E-state index contributed by atoms with van der Waals surface area (Å²) in [6, 6.07) is 31.9. The fourth-order valence-corrected chi connectivity index (χ4v) is 6.13. The molecule has 218 valence electrons. The van der Waals surface area contributed by atoms with Gasteiger partial charge in [0.15, 0.2) is 0 Å². The summed E-state index contributed by atoms with van der Waals surface area (Å²) in [6.45, 7) is 3.28. The Morgan fingerprint density at radius 2 is 1.31 bits per heavy atom. The third-order valence-electron chi connectivity index (χ3n) is 6.62. The van der Waals surface area contributed by atoms with Gasteiger partial charge in [-0.15, -0.1) is 0 Å². The lowest BCUT2D eigenvalue weighted by molar-refractivity contribution is -0.140. The third-order valence-corrected chi connectivity index (χ3v) is 8.66. The lowest BCUT2D eigenvalue weighted by Gasteiger charge is -2.34. The summed E-state index contributed by atoms with van der Waals surface area (Å²) < 4.78 is 28.9. The summed E-state index contributed by atoms with van der Waals surface area (Å²) in [5, 5.41) is 3.49. The molecule has 0 aliphatic carbocycles. The number of carbonyl (C=O) groups is 2. The first kappa shape index (κ1) is 30.8. The van der Waals surface area contributed by atoms with E-state index in [1.807, 2.05) is 44.2 Å². The van der Waals surface area contributed by atoms with Crippen LogP contribution in [0.15, 0.2) is 120 Å². The number of benzene rings is 4. The van der Waals surface area contributed by atoms with E-state index in [1.165, 1.54) is 17.0 Å². The van der Waals surface area contributed by atoms with Crippen molar-refractivity contribution in [3.8, 4) is 0 Å². The van der Waals surface area contributed by atoms with Gasteiger partial charge in [-0.1, -0.05) is 90.5 Å². The standard InChI is InChI=1S/C33H34ClN3O4S/c1-25(2)35-33(39)31(22-26-12-6-3-7-13-26)36(23-27-18-20-28(34)21-19-27)32(38)24-37(29-14-8-4-9-15-29)42(40,41)30-16-10-5-11-17-30/h3-21,25,31H,22-24H2,1-2H3,(H,35,39)/t31-/m0/s1. The van der Waals surface area contributed by atoms with E-state index in [9.17, 15) is 18.0 Å². The largest absolute Gasteiger partial charge is 0.352 e. The molecule has 0 aliphatic rings. The molecule has 4 aromatic rings. The van der Waals surface area contributed by atoms with Crippen molar-refractivity contribution < 1.29 is 18.0 Å². The Labute approximate surface area is 252 Å². The quantitative estimate of drug-likeness (QED) is 0.225. The zero-order chi connectivity index (χ0) is 30.1. The maximum absolute atomic E-state index is 14.3. The molecule has 7 nitrogen and oxygen atoms in total. The molecule has 0 aromatic heterocycles. The topological polar surface area (TPSA) is 86.8 Å². The first-order chi connectivity index (χ1) is 20.1. The maximum Gasteiger partial charge on any atom is 0.264 e. The summed E-state index contributed by atoms with van der Waals surface area (Å²) >= 11 is 6.12. The van der Waals surface area contributed by atoms with Gasteiger partial charge >= 0.3 is 0 Å². The number of anilines is 1. The van der Waals surface area contributed by atoms with Crippen LogP contribution in [0.4, 0.5) is 5.69 Å². The van der Waals surface area contributed by atoms with Crippen LogP contribution in [-0.4, -0.2) is 43.8 Å². The molecule has 42 heavy (non-hydrogen) atoms. The van der Waals surface area contributed by atoms with Gasteiger partial charge in [0.05, 0.1) is 10.6 Å². The molecule has 1 atom stereocenters. The smallest absolute Gasteiger partial charge is 0.264 e. The molecule has 4 aromatic carbocycles. The number of hydrogen-bond donors (Lipinski definition) is 1. The molecule has 0 fully saturated rings. The van der Waals surface area contributed by atoms with E-state index in [4.69, 9.17) is 11.6 Å². The van der Waals surface area contributed by atoms with E-state index in [0.29, 0.717) is 10.7 Å². The minimum Gasteiger partial charge on any atom is -0.352 e. The molecule has 0 spiro atoms. The normalized spacial score (nSPS) is 12.0. The molecule has 2 amide bonds. The molecular weight excluding hydrogens is 570 g/mol. The fourth-order valence-electron chi connectivity index (χ4n) is 4.56. The molecule has 0 saturated carbocycles. The molecule has 1 N–H and O–H groups in total. The average Bonchev–Trinajstić information content (AvgIpc) is 2.99. The van der Waals surface area contributed by atoms with E-state index in [0.717, 1.165) is 15.4 Å². The maximum atomic E-state index is 14.3. The molecule has 0 heterocycles. The number of sulfonamides is 1. The van der Waals surface area contributed by atoms with Crippen molar-refractivity contribution in [2.75, 3.05) is 10.8 Å². The zero-order valence-corrected chi connectivity index (χ0v) is 25.1. The van der Waals surface area contributed by atoms with Gasteiger partial charge in [-0.05, 0) is 61.4 Å². The monoisotopic (exact) mass is 603 g/mol. The summed E-state index contributed by atoms with van der Waals surface area (Å²) in [7, 11) is -4.12. The van der Waals surface area contributed by atoms with Crippen LogP contribution in [0.1, 0.15) is 25.0 Å². The van der Waals surface area contributed by atoms with E-state index >= 15 is 0 Å². The van der Waals surface area contributed by atoms with E-state index in [-0.39, 0.29) is 29.8 Å². The second-order valence-electron chi connectivity index (χ2n) is 10.2. The lowest BCUT2D eigenvalue weighted by atomic mass is 10.0. The summed E-state index contributed by atoms with van der Waals surface area (Å²) in [5.41, 5.74) is 1.96. The Morgan fingerprint density at radius 1 is 0.762 bits per heavy atom. The summed E-state index contributed by atoms with van der Waals surface area (Å²) in [5.74, 6) is -0.846. The van der Waals surface area contributed by atoms with E-state index < -0.39 is 28.5 Å². The van der Waals surface area contributed by atoms with Crippen LogP contribution in [0.5, 0.6) is 0 Å². The van der Waals surface area contributed by atoms with Crippen molar-refractivity contribution in [1.82, 2.24) is 10.2 Å². The van der Waals surface area contributed by atoms with Crippen LogP contribution >= 0.6 is 11.6 Å². The van der Waals surface area contributed by atoms with Gasteiger partial charge in [0.25, 0.3) is 10.0 Å². The average molecular weight is 604 g/mol. The highest BCUT2D eigenvalue weighted by atomic mass is 35.5. The van der Waals surface area contributed by atoms with Gasteiger partial charge in [-0.25, -0.2) is 8.42 Å². The summed E-state index contributed by atoms with van der Waals surface area (Å²) in [6.07, 6.45) is 0.246. The molecule has 9 heteroatoms. The number of halogens is 1. The summed E-state index contributed by atoms with van der Waals surface area (Å²) in [4.78, 5) is 29.5. The number of nitrogens with one attached hydrogen (secondary N) is 1. The third kappa shape index (κ3) is 7.99. The minimum atomic E-state index is -4.12. The Kier molecular flexibility index (Phi) is 10.4. The highest BCUT2D eigenvalue weighted by molar-refractivity contribution is 7.92. The van der Waals surface area contributed by atoms with E-state index in [2.05, 4.69) is 5.32 Å². The van der Waals surface area contributed by atoms with Crippen molar-refractivity contribution in [1.29, 1.82) is 0 Å². The van der Waals surface area contributed by atoms with E-state index in [1.54, 1.807) is 72.8 Å². The molecule has 0 saturated heterocycles. The Morgan fingerprint density at radius 3 is 1.88 bits per heavy atom. The number of rotatable bonds is 12. The van der Waals surface area contributed by atoms with Crippen LogP contribution in [0.2, 0.25) is 5.02 Å². The highest BCUT2D eigenvalue weighted by Crippen LogP contribution is 2.25. The second kappa shape index (κ2) is 14.2. The molecule has 4 rings (SSSR count). The number of amides is 2. The van der Waals surface area contributed by atoms with Crippen molar-refractivity contribution in [2.45, 2.75) is 43.8 Å². The number of para-hydroxylation sites is 1. The zero-order valence-electron chi connectivity index (χ0n) is 23.6. The molecule has 0 bridgehead atoms. The molecule has 0 unspecified atom stereocenters. The Bertz CT molecular complexity index is 1570. The Hall–Kier alpha value is -4.14. The predicted octanol–water partition coefficient (Wildman–Crippen LogP) is 5.70. The van der Waals surface area contributed by atoms with Crippen LogP contribution in [0.25, 0.3) is 0 Å². The van der Waals surface area contributed by atoms with Crippen LogP contribution in [0, 0.1) is 0 Å². The first-order valence-corrected chi connectivity index (χ1v) is 15.5. The number of carbonyl (C=O) groups excluding carboxylic acids is 2. The molecular formula is C33H34ClN3O4S. The van der Waals surface area contributed by atoms with Gasteiger partial charge in [0.1, 0.15) is 12.6 Å². The van der Waals surface area contributed by atoms with Gasteiger partial charge in [0.2, 0.25) is 11.8 Å². The van der Waals surface area contributed by atoms with Crippen LogP contribution in [0.3, 0.4) is 0 Å². The highest BCUT2D eigenvalue weighted by Gasteiger charge is 2.34. The van der Waals surface area contributed by atoms with Crippen molar-refractivity contribution in [3.05, 3.63) is 131 Å². The van der Waals surface area contributed by atoms with Crippen LogP contribution in [-0.2, 0) is 32.6 Å². The van der Waals surface area contributed by atoms with Gasteiger partial charge in [-0.3, -0.25) is 13.9 Å². The molecule has 0 aliphatic heterocycles. The van der Waals surface area contributed by atoms with Gasteiger partial charge in [-0.2, -0.15) is 0 Å². The van der Waals surface area contributed by atoms with Crippen molar-refractivity contribution >= 4 is 39.1 Å². The van der Waals surface area contributed by atoms with Crippen molar-refractivity contribution in [3.63, 3.8) is 0 Å². The van der Waals surface area contributed by atoms with Crippen LogP contribution < -0.4 is 9.62 Å². The predicted molar refractivity (Wildman–Crippen MR) is 167 cm³/mol. The lowest BCUT2D eigenvalue weighted by Crippen LogP contribution is -2.54. The molecule has 0 radical (unpaired) electrons. The Balaban J connectivity index is 1.78. The number of hydrogen-bond acceptors (Lipinski definition) is 4. The second-order valence-corrected chi connectivity index (χ2v) is 12.5. The minimum absolute atomic E-state index is 0.0595. The SMILES string of the molecule is CC(C)NC(=O)[C@H](Cc1ccccc1)N(Cc1ccc(Cl)cc1)C(=O)CN(c1ccccc1)S(=O)(=O)c1ccccc1. The van der Waals surface area contributed by atoms with Gasteiger partial charge < -0.3 is 10.2 Å². The number of nitrogens with zero attached hydrogens (tertiary/aromatic N) is 2. The van der Waals surface area contributed by atoms with Crippen molar-refractivity contribution in [2.24, 2.45) is 0 Å². The van der Waals surface area contributed by atoms with Gasteiger partial charge in [0, 0.05) is 24.0 Å².